The van der Waals surface area contributed by atoms with Gasteiger partial charge in [-0.1, -0.05) is 36.4 Å². The number of ether oxygens (including phenoxy) is 1. The van der Waals surface area contributed by atoms with Gasteiger partial charge in [0.1, 0.15) is 0 Å². The van der Waals surface area contributed by atoms with Crippen LogP contribution in [0.5, 0.6) is 0 Å². The smallest absolute Gasteiger partial charge is 0.338 e. The van der Waals surface area contributed by atoms with Gasteiger partial charge in [0, 0.05) is 23.5 Å². The number of carbonyl (C=O) groups excluding carboxylic acids is 2. The molecule has 0 radical (unpaired) electrons. The van der Waals surface area contributed by atoms with Crippen LogP contribution in [-0.2, 0) is 21.3 Å². The van der Waals surface area contributed by atoms with E-state index in [9.17, 15) is 18.0 Å². The molecule has 0 spiro atoms. The lowest BCUT2D eigenvalue weighted by Gasteiger charge is -2.10. The van der Waals surface area contributed by atoms with Gasteiger partial charge in [-0.15, -0.1) is 0 Å². The van der Waals surface area contributed by atoms with Crippen molar-refractivity contribution in [3.8, 4) is 0 Å². The van der Waals surface area contributed by atoms with E-state index in [0.717, 1.165) is 17.0 Å². The predicted molar refractivity (Wildman–Crippen MR) is 117 cm³/mol. The maximum Gasteiger partial charge on any atom is 0.338 e. The molecule has 31 heavy (non-hydrogen) atoms. The van der Waals surface area contributed by atoms with Crippen LogP contribution in [0, 0.1) is 13.8 Å². The number of hydrogen-bond acceptors (Lipinski definition) is 5. The lowest BCUT2D eigenvalue weighted by molar-refractivity contribution is 0.0474. The molecular formula is C23H24N2O5S. The summed E-state index contributed by atoms with van der Waals surface area (Å²) < 4.78 is 33.2. The van der Waals surface area contributed by atoms with Gasteiger partial charge in [-0.25, -0.2) is 17.9 Å². The minimum Gasteiger partial charge on any atom is -0.454 e. The zero-order valence-electron chi connectivity index (χ0n) is 17.6. The number of benzene rings is 2. The quantitative estimate of drug-likeness (QED) is 0.429. The summed E-state index contributed by atoms with van der Waals surface area (Å²) >= 11 is 0. The number of aryl methyl sites for hydroxylation is 1. The summed E-state index contributed by atoms with van der Waals surface area (Å²) in [5, 5.41) is 0. The first-order valence-corrected chi connectivity index (χ1v) is 11.2. The van der Waals surface area contributed by atoms with Gasteiger partial charge in [0.25, 0.3) is 0 Å². The molecule has 0 aliphatic carbocycles. The van der Waals surface area contributed by atoms with Crippen molar-refractivity contribution in [2.24, 2.45) is 0 Å². The third-order valence-corrected chi connectivity index (χ3v) is 6.45. The Morgan fingerprint density at radius 3 is 2.39 bits per heavy atom. The number of sulfonamides is 1. The minimum absolute atomic E-state index is 0.0543. The second kappa shape index (κ2) is 9.28. The van der Waals surface area contributed by atoms with Crippen molar-refractivity contribution in [3.05, 3.63) is 88.7 Å². The van der Waals surface area contributed by atoms with Gasteiger partial charge < -0.3 is 9.30 Å². The van der Waals surface area contributed by atoms with E-state index in [1.165, 1.54) is 31.3 Å². The fourth-order valence-electron chi connectivity index (χ4n) is 3.29. The second-order valence-electron chi connectivity index (χ2n) is 7.09. The van der Waals surface area contributed by atoms with Crippen molar-refractivity contribution in [1.29, 1.82) is 0 Å². The van der Waals surface area contributed by atoms with Gasteiger partial charge in [0.15, 0.2) is 6.61 Å². The molecule has 0 bridgehead atoms. The number of rotatable bonds is 8. The average Bonchev–Trinajstić information content (AvgIpc) is 3.06. The number of ketones is 1. The molecular weight excluding hydrogens is 416 g/mol. The molecule has 8 heteroatoms. The van der Waals surface area contributed by atoms with Crippen molar-refractivity contribution in [1.82, 2.24) is 9.29 Å². The van der Waals surface area contributed by atoms with Gasteiger partial charge in [0.2, 0.25) is 15.8 Å². The Hall–Kier alpha value is -3.23. The third kappa shape index (κ3) is 5.10. The van der Waals surface area contributed by atoms with Crippen LogP contribution < -0.4 is 4.72 Å². The molecule has 1 N–H and O–H groups in total. The van der Waals surface area contributed by atoms with Crippen LogP contribution in [0.2, 0.25) is 0 Å². The maximum absolute atomic E-state index is 12.7. The van der Waals surface area contributed by atoms with E-state index in [2.05, 4.69) is 4.72 Å². The number of Topliss-reactive ketones (excluding diaryl/α,β-unsaturated/α-hetero) is 1. The van der Waals surface area contributed by atoms with Crippen molar-refractivity contribution in [2.45, 2.75) is 25.3 Å². The maximum atomic E-state index is 12.7. The highest BCUT2D eigenvalue weighted by molar-refractivity contribution is 7.89. The molecule has 0 atom stereocenters. The summed E-state index contributed by atoms with van der Waals surface area (Å²) in [6.07, 6.45) is 0. The van der Waals surface area contributed by atoms with Crippen molar-refractivity contribution in [3.63, 3.8) is 0 Å². The van der Waals surface area contributed by atoms with E-state index >= 15 is 0 Å². The second-order valence-corrected chi connectivity index (χ2v) is 8.98. The molecule has 0 fully saturated rings. The monoisotopic (exact) mass is 440 g/mol. The van der Waals surface area contributed by atoms with E-state index in [0.29, 0.717) is 12.1 Å². The third-order valence-electron chi connectivity index (χ3n) is 5.04. The summed E-state index contributed by atoms with van der Waals surface area (Å²) in [5.74, 6) is -1.08. The highest BCUT2D eigenvalue weighted by Crippen LogP contribution is 2.18. The van der Waals surface area contributed by atoms with Gasteiger partial charge in [-0.3, -0.25) is 4.79 Å². The number of carbonyl (C=O) groups is 2. The first-order chi connectivity index (χ1) is 14.7. The highest BCUT2D eigenvalue weighted by atomic mass is 32.2. The van der Waals surface area contributed by atoms with Gasteiger partial charge >= 0.3 is 5.97 Å². The van der Waals surface area contributed by atoms with Crippen LogP contribution in [0.4, 0.5) is 0 Å². The summed E-state index contributed by atoms with van der Waals surface area (Å²) in [6.45, 7) is 3.99. The van der Waals surface area contributed by atoms with Crippen LogP contribution in [0.15, 0.2) is 65.6 Å². The molecule has 3 aromatic rings. The minimum atomic E-state index is -3.69. The number of nitrogens with zero attached hydrogens (tertiary/aromatic N) is 1. The normalized spacial score (nSPS) is 11.3. The predicted octanol–water partition coefficient (Wildman–Crippen LogP) is 3.10. The largest absolute Gasteiger partial charge is 0.454 e. The van der Waals surface area contributed by atoms with E-state index in [1.807, 2.05) is 48.7 Å². The van der Waals surface area contributed by atoms with Crippen LogP contribution in [0.3, 0.4) is 0 Å². The first-order valence-electron chi connectivity index (χ1n) is 9.67. The summed E-state index contributed by atoms with van der Waals surface area (Å²) in [4.78, 5) is 25.0. The number of aromatic nitrogens is 1. The summed E-state index contributed by atoms with van der Waals surface area (Å²) in [5.41, 5.74) is 3.39. The lowest BCUT2D eigenvalue weighted by atomic mass is 10.1. The Morgan fingerprint density at radius 2 is 1.71 bits per heavy atom. The molecule has 162 valence electrons. The van der Waals surface area contributed by atoms with E-state index in [-0.39, 0.29) is 16.2 Å². The molecule has 2 aromatic carbocycles. The number of esters is 1. The molecule has 7 nitrogen and oxygen atoms in total. The fourth-order valence-corrected chi connectivity index (χ4v) is 4.07. The number of hydrogen-bond donors (Lipinski definition) is 1. The molecule has 0 aliphatic rings. The van der Waals surface area contributed by atoms with Gasteiger partial charge in [-0.05, 0) is 50.7 Å². The van der Waals surface area contributed by atoms with Gasteiger partial charge in [-0.2, -0.15) is 0 Å². The Bertz CT molecular complexity index is 1210. The molecule has 0 aliphatic heterocycles. The Morgan fingerprint density at radius 1 is 1.00 bits per heavy atom. The topological polar surface area (TPSA) is 94.5 Å². The van der Waals surface area contributed by atoms with Crippen LogP contribution in [0.1, 0.15) is 37.7 Å². The average molecular weight is 441 g/mol. The molecule has 0 saturated carbocycles. The Labute approximate surface area is 181 Å². The van der Waals surface area contributed by atoms with Crippen LogP contribution in [0.25, 0.3) is 0 Å². The standard InChI is InChI=1S/C23H24N2O5S/c1-16-12-21(17(2)25(16)14-18-8-5-4-6-9-18)22(26)15-30-23(27)19-10-7-11-20(13-19)31(28,29)24-3/h4-13,24H,14-15H2,1-3H3. The molecule has 3 rings (SSSR count). The van der Waals surface area contributed by atoms with E-state index < -0.39 is 22.6 Å². The Balaban J connectivity index is 1.71. The van der Waals surface area contributed by atoms with Crippen molar-refractivity contribution < 1.29 is 22.7 Å². The lowest BCUT2D eigenvalue weighted by Crippen LogP contribution is -2.19. The van der Waals surface area contributed by atoms with E-state index in [4.69, 9.17) is 4.74 Å². The van der Waals surface area contributed by atoms with Crippen LogP contribution in [-0.4, -0.2) is 38.4 Å². The molecule has 0 saturated heterocycles. The van der Waals surface area contributed by atoms with Gasteiger partial charge in [0.05, 0.1) is 10.5 Å². The number of nitrogens with one attached hydrogen (secondary N) is 1. The zero-order chi connectivity index (χ0) is 22.6. The van der Waals surface area contributed by atoms with E-state index in [1.54, 1.807) is 6.07 Å². The molecule has 1 heterocycles. The summed E-state index contributed by atoms with van der Waals surface area (Å²) in [6, 6.07) is 17.2. The fraction of sp³-hybridized carbons (Fsp3) is 0.217. The zero-order valence-corrected chi connectivity index (χ0v) is 18.4. The van der Waals surface area contributed by atoms with Crippen LogP contribution >= 0.6 is 0 Å². The molecule has 0 unspecified atom stereocenters. The highest BCUT2D eigenvalue weighted by Gasteiger charge is 2.19. The molecule has 0 amide bonds. The summed E-state index contributed by atoms with van der Waals surface area (Å²) in [7, 11) is -2.40. The Kier molecular flexibility index (Phi) is 6.72. The SMILES string of the molecule is CNS(=O)(=O)c1cccc(C(=O)OCC(=O)c2cc(C)n(Cc3ccccc3)c2C)c1. The first kappa shape index (κ1) is 22.5. The molecule has 1 aromatic heterocycles. The van der Waals surface area contributed by atoms with Crippen molar-refractivity contribution >= 4 is 21.8 Å². The van der Waals surface area contributed by atoms with Crippen molar-refractivity contribution in [2.75, 3.05) is 13.7 Å².